The first-order chi connectivity index (χ1) is 9.73. The molecule has 2 atom stereocenters. The summed E-state index contributed by atoms with van der Waals surface area (Å²) >= 11 is 0. The fourth-order valence-electron chi connectivity index (χ4n) is 1.82. The Labute approximate surface area is 121 Å². The van der Waals surface area contributed by atoms with E-state index in [0.29, 0.717) is 13.1 Å². The number of nitriles is 2. The second kappa shape index (κ2) is 9.09. The number of rotatable bonds is 8. The average molecular weight is 270 g/mol. The van der Waals surface area contributed by atoms with Crippen LogP contribution in [0.5, 0.6) is 0 Å². The van der Waals surface area contributed by atoms with E-state index in [1.807, 2.05) is 13.8 Å². The number of hydrogen-bond acceptors (Lipinski definition) is 4. The highest BCUT2D eigenvalue weighted by molar-refractivity contribution is 5.22. The van der Waals surface area contributed by atoms with Crippen molar-refractivity contribution < 1.29 is 0 Å². The van der Waals surface area contributed by atoms with E-state index < -0.39 is 0 Å². The van der Waals surface area contributed by atoms with Crippen molar-refractivity contribution in [2.75, 3.05) is 0 Å². The minimum Gasteiger partial charge on any atom is -0.298 e. The Bertz CT molecular complexity index is 422. The normalized spacial score (nSPS) is 13.2. The summed E-state index contributed by atoms with van der Waals surface area (Å²) in [6, 6.07) is 12.5. The molecule has 0 fully saturated rings. The molecule has 1 aromatic carbocycles. The molecule has 0 saturated carbocycles. The lowest BCUT2D eigenvalue weighted by Gasteiger charge is -2.11. The number of nitrogens with zero attached hydrogens (tertiary/aromatic N) is 2. The fraction of sp³-hybridized carbons (Fsp3) is 0.500. The van der Waals surface area contributed by atoms with Crippen LogP contribution in [0.1, 0.15) is 37.8 Å². The van der Waals surface area contributed by atoms with Crippen molar-refractivity contribution in [1.29, 1.82) is 10.5 Å². The minimum absolute atomic E-state index is 0.0858. The van der Waals surface area contributed by atoms with E-state index in [9.17, 15) is 0 Å². The predicted octanol–water partition coefficient (Wildman–Crippen LogP) is 2.47. The van der Waals surface area contributed by atoms with Gasteiger partial charge in [0.05, 0.1) is 24.2 Å². The molecule has 0 radical (unpaired) electrons. The Morgan fingerprint density at radius 3 is 1.45 bits per heavy atom. The van der Waals surface area contributed by atoms with E-state index in [1.165, 1.54) is 0 Å². The van der Waals surface area contributed by atoms with Crippen LogP contribution in [0.15, 0.2) is 24.3 Å². The highest BCUT2D eigenvalue weighted by Crippen LogP contribution is 2.05. The SMILES string of the molecule is CC[C@@H](C#N)NCc1ccc(CN[C@@H](C#N)CC)cc1. The molecule has 0 aliphatic heterocycles. The van der Waals surface area contributed by atoms with E-state index in [0.717, 1.165) is 24.0 Å². The van der Waals surface area contributed by atoms with Crippen molar-refractivity contribution in [2.45, 2.75) is 51.9 Å². The van der Waals surface area contributed by atoms with Crippen molar-refractivity contribution in [3.8, 4) is 12.1 Å². The zero-order valence-electron chi connectivity index (χ0n) is 12.2. The van der Waals surface area contributed by atoms with Crippen LogP contribution in [0.4, 0.5) is 0 Å². The third-order valence-corrected chi connectivity index (χ3v) is 3.26. The Balaban J connectivity index is 2.45. The molecule has 4 heteroatoms. The largest absolute Gasteiger partial charge is 0.298 e. The lowest BCUT2D eigenvalue weighted by Crippen LogP contribution is -2.26. The number of nitrogens with one attached hydrogen (secondary N) is 2. The van der Waals surface area contributed by atoms with Crippen LogP contribution in [0.3, 0.4) is 0 Å². The average Bonchev–Trinajstić information content (AvgIpc) is 2.50. The predicted molar refractivity (Wildman–Crippen MR) is 79.5 cm³/mol. The first-order valence-corrected chi connectivity index (χ1v) is 7.07. The van der Waals surface area contributed by atoms with Gasteiger partial charge in [-0.15, -0.1) is 0 Å². The zero-order chi connectivity index (χ0) is 14.8. The van der Waals surface area contributed by atoms with Gasteiger partial charge in [0.25, 0.3) is 0 Å². The molecule has 0 aliphatic rings. The summed E-state index contributed by atoms with van der Waals surface area (Å²) in [5.41, 5.74) is 2.32. The van der Waals surface area contributed by atoms with Gasteiger partial charge in [0, 0.05) is 13.1 Å². The summed E-state index contributed by atoms with van der Waals surface area (Å²) in [5, 5.41) is 24.1. The molecule has 1 aromatic rings. The van der Waals surface area contributed by atoms with Gasteiger partial charge < -0.3 is 0 Å². The molecule has 20 heavy (non-hydrogen) atoms. The van der Waals surface area contributed by atoms with E-state index in [1.54, 1.807) is 0 Å². The van der Waals surface area contributed by atoms with Gasteiger partial charge >= 0.3 is 0 Å². The number of benzene rings is 1. The Kier molecular flexibility index (Phi) is 7.35. The summed E-state index contributed by atoms with van der Waals surface area (Å²) in [6.45, 7) is 5.40. The second-order valence-corrected chi connectivity index (χ2v) is 4.76. The van der Waals surface area contributed by atoms with Crippen LogP contribution in [-0.4, -0.2) is 12.1 Å². The van der Waals surface area contributed by atoms with Gasteiger partial charge in [-0.05, 0) is 24.0 Å². The Morgan fingerprint density at radius 2 is 1.20 bits per heavy atom. The monoisotopic (exact) mass is 270 g/mol. The van der Waals surface area contributed by atoms with Gasteiger partial charge in [-0.1, -0.05) is 38.1 Å². The maximum atomic E-state index is 8.87. The molecule has 106 valence electrons. The molecule has 1 rings (SSSR count). The topological polar surface area (TPSA) is 71.6 Å². The highest BCUT2D eigenvalue weighted by atomic mass is 14.9. The lowest BCUT2D eigenvalue weighted by atomic mass is 10.1. The second-order valence-electron chi connectivity index (χ2n) is 4.76. The molecular formula is C16H22N4. The molecular weight excluding hydrogens is 248 g/mol. The summed E-state index contributed by atoms with van der Waals surface area (Å²) in [5.74, 6) is 0. The first kappa shape index (κ1) is 16.2. The van der Waals surface area contributed by atoms with E-state index in [2.05, 4.69) is 47.0 Å². The van der Waals surface area contributed by atoms with Gasteiger partial charge in [-0.25, -0.2) is 0 Å². The van der Waals surface area contributed by atoms with Crippen LogP contribution >= 0.6 is 0 Å². The Hall–Kier alpha value is -1.88. The molecule has 0 amide bonds. The van der Waals surface area contributed by atoms with Crippen LogP contribution in [0, 0.1) is 22.7 Å². The van der Waals surface area contributed by atoms with Crippen LogP contribution in [0.2, 0.25) is 0 Å². The molecule has 0 aromatic heterocycles. The van der Waals surface area contributed by atoms with Gasteiger partial charge in [-0.3, -0.25) is 10.6 Å². The quantitative estimate of drug-likeness (QED) is 0.761. The first-order valence-electron chi connectivity index (χ1n) is 7.07. The molecule has 0 spiro atoms. The smallest absolute Gasteiger partial charge is 0.0952 e. The van der Waals surface area contributed by atoms with Crippen molar-refractivity contribution in [1.82, 2.24) is 10.6 Å². The van der Waals surface area contributed by atoms with Gasteiger partial charge in [0.2, 0.25) is 0 Å². The summed E-state index contributed by atoms with van der Waals surface area (Å²) in [4.78, 5) is 0. The summed E-state index contributed by atoms with van der Waals surface area (Å²) in [7, 11) is 0. The van der Waals surface area contributed by atoms with Crippen LogP contribution < -0.4 is 10.6 Å². The van der Waals surface area contributed by atoms with Crippen LogP contribution in [-0.2, 0) is 13.1 Å². The van der Waals surface area contributed by atoms with Crippen molar-refractivity contribution in [2.24, 2.45) is 0 Å². The van der Waals surface area contributed by atoms with Gasteiger partial charge in [0.1, 0.15) is 0 Å². The summed E-state index contributed by atoms with van der Waals surface area (Å²) in [6.07, 6.45) is 1.62. The standard InChI is InChI=1S/C16H22N4/c1-3-15(9-17)19-11-13-5-7-14(8-6-13)12-20-16(4-2)10-18/h5-8,15-16,19-20H,3-4,11-12H2,1-2H3/t15-,16+. The van der Waals surface area contributed by atoms with E-state index in [4.69, 9.17) is 10.5 Å². The highest BCUT2D eigenvalue weighted by Gasteiger charge is 2.04. The van der Waals surface area contributed by atoms with Crippen molar-refractivity contribution in [3.63, 3.8) is 0 Å². The molecule has 0 saturated heterocycles. The van der Waals surface area contributed by atoms with E-state index in [-0.39, 0.29) is 12.1 Å². The fourth-order valence-corrected chi connectivity index (χ4v) is 1.82. The molecule has 0 unspecified atom stereocenters. The van der Waals surface area contributed by atoms with Gasteiger partial charge in [-0.2, -0.15) is 10.5 Å². The number of hydrogen-bond donors (Lipinski definition) is 2. The van der Waals surface area contributed by atoms with Crippen molar-refractivity contribution >= 4 is 0 Å². The molecule has 0 heterocycles. The lowest BCUT2D eigenvalue weighted by molar-refractivity contribution is 0.583. The Morgan fingerprint density at radius 1 is 0.850 bits per heavy atom. The van der Waals surface area contributed by atoms with Crippen molar-refractivity contribution in [3.05, 3.63) is 35.4 Å². The third kappa shape index (κ3) is 5.40. The maximum absolute atomic E-state index is 8.87. The van der Waals surface area contributed by atoms with Crippen LogP contribution in [0.25, 0.3) is 0 Å². The molecule has 0 bridgehead atoms. The zero-order valence-corrected chi connectivity index (χ0v) is 12.2. The maximum Gasteiger partial charge on any atom is 0.0952 e. The molecule has 2 N–H and O–H groups in total. The minimum atomic E-state index is -0.0858. The third-order valence-electron chi connectivity index (χ3n) is 3.26. The van der Waals surface area contributed by atoms with Gasteiger partial charge in [0.15, 0.2) is 0 Å². The molecule has 4 nitrogen and oxygen atoms in total. The molecule has 0 aliphatic carbocycles. The van der Waals surface area contributed by atoms with E-state index >= 15 is 0 Å². The summed E-state index contributed by atoms with van der Waals surface area (Å²) < 4.78 is 0.